The Morgan fingerprint density at radius 1 is 1.38 bits per heavy atom. The summed E-state index contributed by atoms with van der Waals surface area (Å²) in [6.45, 7) is 8.14. The summed E-state index contributed by atoms with van der Waals surface area (Å²) in [6.07, 6.45) is 6.70. The molecule has 2 rings (SSSR count). The van der Waals surface area contributed by atoms with Gasteiger partial charge in [0, 0.05) is 12.0 Å². The monoisotopic (exact) mass is 296 g/mol. The fourth-order valence-electron chi connectivity index (χ4n) is 3.63. The number of rotatable bonds is 8. The van der Waals surface area contributed by atoms with Crippen molar-refractivity contribution in [2.75, 3.05) is 13.1 Å². The Morgan fingerprint density at radius 2 is 2.10 bits per heavy atom. The van der Waals surface area contributed by atoms with Crippen molar-refractivity contribution in [2.45, 2.75) is 65.5 Å². The molecule has 1 heterocycles. The maximum absolute atomic E-state index is 12.2. The Kier molecular flexibility index (Phi) is 5.67. The summed E-state index contributed by atoms with van der Waals surface area (Å²) in [5.74, 6) is 1.29. The van der Waals surface area contributed by atoms with E-state index in [1.807, 2.05) is 6.92 Å². The van der Waals surface area contributed by atoms with Gasteiger partial charge < -0.3 is 10.5 Å². The van der Waals surface area contributed by atoms with Crippen LogP contribution >= 0.6 is 0 Å². The quantitative estimate of drug-likeness (QED) is 0.534. The van der Waals surface area contributed by atoms with Crippen LogP contribution in [0.5, 0.6) is 0 Å². The van der Waals surface area contributed by atoms with Crippen LogP contribution in [0, 0.1) is 23.2 Å². The third-order valence-electron chi connectivity index (χ3n) is 5.59. The number of nitrogens with two attached hydrogens (primary N) is 1. The van der Waals surface area contributed by atoms with Gasteiger partial charge in [-0.2, -0.15) is 0 Å². The third kappa shape index (κ3) is 3.59. The first kappa shape index (κ1) is 16.8. The average molecular weight is 296 g/mol. The number of hydrogen-bond donors (Lipinski definition) is 2. The number of carbonyl (C=O) groups excluding carboxylic acids is 1. The lowest BCUT2D eigenvalue weighted by Gasteiger charge is -2.59. The molecule has 1 aliphatic heterocycles. The van der Waals surface area contributed by atoms with Crippen molar-refractivity contribution in [3.8, 4) is 0 Å². The molecular formula is C17H32N2O2. The van der Waals surface area contributed by atoms with E-state index in [4.69, 9.17) is 10.5 Å². The molecule has 0 aromatic carbocycles. The van der Waals surface area contributed by atoms with Gasteiger partial charge in [0.2, 0.25) is 0 Å². The first-order valence-corrected chi connectivity index (χ1v) is 8.66. The Balaban J connectivity index is 1.73. The normalized spacial score (nSPS) is 33.9. The molecule has 2 aliphatic rings. The third-order valence-corrected chi connectivity index (χ3v) is 5.59. The van der Waals surface area contributed by atoms with Gasteiger partial charge in [0.25, 0.3) is 0 Å². The van der Waals surface area contributed by atoms with Crippen molar-refractivity contribution in [1.82, 2.24) is 5.32 Å². The minimum atomic E-state index is -0.0557. The van der Waals surface area contributed by atoms with E-state index in [-0.39, 0.29) is 23.5 Å². The van der Waals surface area contributed by atoms with Crippen molar-refractivity contribution < 1.29 is 9.53 Å². The molecule has 1 aliphatic carbocycles. The van der Waals surface area contributed by atoms with Crippen LogP contribution in [-0.2, 0) is 9.53 Å². The van der Waals surface area contributed by atoms with Gasteiger partial charge in [0.05, 0.1) is 5.92 Å². The maximum Gasteiger partial charge on any atom is 0.310 e. The van der Waals surface area contributed by atoms with Gasteiger partial charge in [-0.25, -0.2) is 0 Å². The Hall–Kier alpha value is -0.610. The van der Waals surface area contributed by atoms with Crippen molar-refractivity contribution in [2.24, 2.45) is 28.9 Å². The predicted molar refractivity (Wildman–Crippen MR) is 84.6 cm³/mol. The Bertz CT molecular complexity index is 353. The molecule has 3 atom stereocenters. The second-order valence-electron chi connectivity index (χ2n) is 7.34. The minimum absolute atomic E-state index is 0.0230. The molecule has 0 radical (unpaired) electrons. The summed E-state index contributed by atoms with van der Waals surface area (Å²) in [4.78, 5) is 12.2. The highest BCUT2D eigenvalue weighted by Crippen LogP contribution is 2.54. The Morgan fingerprint density at radius 3 is 2.62 bits per heavy atom. The van der Waals surface area contributed by atoms with Crippen LogP contribution in [0.2, 0.25) is 0 Å². The number of ether oxygens (including phenoxy) is 1. The van der Waals surface area contributed by atoms with Gasteiger partial charge >= 0.3 is 5.97 Å². The van der Waals surface area contributed by atoms with E-state index in [0.717, 1.165) is 38.8 Å². The van der Waals surface area contributed by atoms with Crippen molar-refractivity contribution in [3.63, 3.8) is 0 Å². The second kappa shape index (κ2) is 7.10. The van der Waals surface area contributed by atoms with E-state index in [1.54, 1.807) is 0 Å². The molecular weight excluding hydrogens is 264 g/mol. The minimum Gasteiger partial charge on any atom is -0.446 e. The summed E-state index contributed by atoms with van der Waals surface area (Å²) in [5, 5.41) is 3.29. The lowest BCUT2D eigenvalue weighted by Crippen LogP contribution is -2.69. The summed E-state index contributed by atoms with van der Waals surface area (Å²) >= 11 is 0. The predicted octanol–water partition coefficient (Wildman–Crippen LogP) is 2.67. The van der Waals surface area contributed by atoms with Gasteiger partial charge in [-0.15, -0.1) is 0 Å². The summed E-state index contributed by atoms with van der Waals surface area (Å²) in [7, 11) is 0. The first-order chi connectivity index (χ1) is 10.0. The molecule has 3 N–H and O–H groups in total. The standard InChI is InChI=1S/C17H32N2O2/c1-4-5-6-7-12(2)15(20)21-16-17(11-19-16)8-14(9-17)13(3)10-18/h12-14,16,19H,4-11,18H2,1-3H3/t12?,13-,14?,16?,17?/m1/s1. The molecule has 0 aromatic heterocycles. The number of unbranched alkanes of at least 4 members (excludes halogenated alkanes) is 2. The van der Waals surface area contributed by atoms with E-state index < -0.39 is 0 Å². The van der Waals surface area contributed by atoms with E-state index in [9.17, 15) is 4.79 Å². The Labute approximate surface area is 129 Å². The van der Waals surface area contributed by atoms with Crippen molar-refractivity contribution >= 4 is 5.97 Å². The van der Waals surface area contributed by atoms with E-state index >= 15 is 0 Å². The largest absolute Gasteiger partial charge is 0.446 e. The van der Waals surface area contributed by atoms with Crippen LogP contribution in [0.1, 0.15) is 59.3 Å². The molecule has 122 valence electrons. The second-order valence-corrected chi connectivity index (χ2v) is 7.34. The zero-order valence-electron chi connectivity index (χ0n) is 13.9. The fraction of sp³-hybridized carbons (Fsp3) is 0.941. The smallest absolute Gasteiger partial charge is 0.310 e. The molecule has 2 unspecified atom stereocenters. The van der Waals surface area contributed by atoms with Crippen LogP contribution in [0.3, 0.4) is 0 Å². The highest BCUT2D eigenvalue weighted by Gasteiger charge is 2.58. The van der Waals surface area contributed by atoms with Crippen LogP contribution < -0.4 is 11.1 Å². The molecule has 21 heavy (non-hydrogen) atoms. The number of carbonyl (C=O) groups is 1. The van der Waals surface area contributed by atoms with Crippen LogP contribution in [0.25, 0.3) is 0 Å². The van der Waals surface area contributed by atoms with Crippen LogP contribution in [0.15, 0.2) is 0 Å². The molecule has 0 aromatic rings. The molecule has 1 saturated carbocycles. The number of nitrogens with one attached hydrogen (secondary N) is 1. The van der Waals surface area contributed by atoms with Gasteiger partial charge in [0.15, 0.2) is 6.23 Å². The zero-order valence-corrected chi connectivity index (χ0v) is 13.9. The van der Waals surface area contributed by atoms with Crippen molar-refractivity contribution in [3.05, 3.63) is 0 Å². The average Bonchev–Trinajstić information content (AvgIpc) is 2.41. The summed E-state index contributed by atoms with van der Waals surface area (Å²) < 4.78 is 5.72. The van der Waals surface area contributed by atoms with Gasteiger partial charge in [0.1, 0.15) is 0 Å². The van der Waals surface area contributed by atoms with E-state index in [0.29, 0.717) is 11.8 Å². The molecule has 2 fully saturated rings. The maximum atomic E-state index is 12.2. The van der Waals surface area contributed by atoms with Gasteiger partial charge in [-0.1, -0.05) is 40.0 Å². The molecule has 1 spiro atoms. The SMILES string of the molecule is CCCCCC(C)C(=O)OC1NCC12CC([C@H](C)CN)C2. The zero-order chi connectivity index (χ0) is 15.5. The van der Waals surface area contributed by atoms with Crippen LogP contribution in [-0.4, -0.2) is 25.3 Å². The molecule has 4 nitrogen and oxygen atoms in total. The highest BCUT2D eigenvalue weighted by molar-refractivity contribution is 5.72. The lowest BCUT2D eigenvalue weighted by molar-refractivity contribution is -0.201. The highest BCUT2D eigenvalue weighted by atomic mass is 16.6. The van der Waals surface area contributed by atoms with Gasteiger partial charge in [-0.3, -0.25) is 10.1 Å². The number of esters is 1. The molecule has 4 heteroatoms. The van der Waals surface area contributed by atoms with E-state index in [1.165, 1.54) is 12.8 Å². The molecule has 0 amide bonds. The number of hydrogen-bond acceptors (Lipinski definition) is 4. The molecule has 1 saturated heterocycles. The fourth-order valence-corrected chi connectivity index (χ4v) is 3.63. The molecule has 0 bridgehead atoms. The first-order valence-electron chi connectivity index (χ1n) is 8.66. The van der Waals surface area contributed by atoms with Crippen molar-refractivity contribution in [1.29, 1.82) is 0 Å². The summed E-state index contributed by atoms with van der Waals surface area (Å²) in [6, 6.07) is 0. The van der Waals surface area contributed by atoms with Gasteiger partial charge in [-0.05, 0) is 37.6 Å². The summed E-state index contributed by atoms with van der Waals surface area (Å²) in [5.41, 5.74) is 5.96. The van der Waals surface area contributed by atoms with E-state index in [2.05, 4.69) is 19.2 Å². The topological polar surface area (TPSA) is 64.3 Å². The van der Waals surface area contributed by atoms with Crippen LogP contribution in [0.4, 0.5) is 0 Å². The lowest BCUT2D eigenvalue weighted by atomic mass is 9.54.